The number of aromatic amines is 1. The Balaban J connectivity index is 2.21. The third-order valence-corrected chi connectivity index (χ3v) is 4.23. The predicted octanol–water partition coefficient (Wildman–Crippen LogP) is 3.32. The van der Waals surface area contributed by atoms with E-state index in [1.54, 1.807) is 0 Å². The van der Waals surface area contributed by atoms with Crippen molar-refractivity contribution in [1.82, 2.24) is 4.98 Å². The molecule has 1 aromatic heterocycles. The van der Waals surface area contributed by atoms with Gasteiger partial charge >= 0.3 is 0 Å². The molecule has 106 valence electrons. The number of H-pyrrole nitrogens is 1. The number of benzene rings is 1. The summed E-state index contributed by atoms with van der Waals surface area (Å²) in [6.45, 7) is 9.15. The van der Waals surface area contributed by atoms with Gasteiger partial charge in [0.25, 0.3) is 5.56 Å². The zero-order valence-corrected chi connectivity index (χ0v) is 12.5. The fourth-order valence-electron chi connectivity index (χ4n) is 3.01. The topological polar surface area (TPSA) is 42.1 Å². The third-order valence-electron chi connectivity index (χ3n) is 4.23. The minimum absolute atomic E-state index is 0.0111. The largest absolute Gasteiger partial charge is 0.373 e. The van der Waals surface area contributed by atoms with Gasteiger partial charge in [0.1, 0.15) is 0 Å². The Morgan fingerprint density at radius 2 is 2.05 bits per heavy atom. The highest BCUT2D eigenvalue weighted by Crippen LogP contribution is 2.33. The van der Waals surface area contributed by atoms with Crippen LogP contribution in [0.4, 0.5) is 0 Å². The molecule has 0 saturated heterocycles. The van der Waals surface area contributed by atoms with Gasteiger partial charge in [-0.15, -0.1) is 0 Å². The molecule has 2 heterocycles. The highest BCUT2D eigenvalue weighted by Gasteiger charge is 2.31. The first-order valence-corrected chi connectivity index (χ1v) is 7.13. The van der Waals surface area contributed by atoms with E-state index in [9.17, 15) is 4.79 Å². The minimum Gasteiger partial charge on any atom is -0.373 e. The maximum Gasteiger partial charge on any atom is 0.256 e. The van der Waals surface area contributed by atoms with E-state index >= 15 is 0 Å². The van der Waals surface area contributed by atoms with E-state index in [1.807, 2.05) is 12.1 Å². The molecule has 0 radical (unpaired) electrons. The Bertz CT molecular complexity index is 722. The summed E-state index contributed by atoms with van der Waals surface area (Å²) in [6.07, 6.45) is 0.922. The second kappa shape index (κ2) is 4.45. The van der Waals surface area contributed by atoms with Crippen molar-refractivity contribution in [3.63, 3.8) is 0 Å². The standard InChI is InChI=1S/C17H21NO2/c1-10-6-5-7-11-15(10)12-9-20-14(17(2,3)4)8-13(12)18-16(11)19/h5-7,14H,8-9H2,1-4H3,(H,18,19). The van der Waals surface area contributed by atoms with E-state index in [0.29, 0.717) is 6.61 Å². The number of rotatable bonds is 0. The fourth-order valence-corrected chi connectivity index (χ4v) is 3.01. The first-order chi connectivity index (χ1) is 9.38. The lowest BCUT2D eigenvalue weighted by molar-refractivity contribution is -0.0380. The molecule has 1 N–H and O–H groups in total. The monoisotopic (exact) mass is 271 g/mol. The number of hydrogen-bond acceptors (Lipinski definition) is 2. The van der Waals surface area contributed by atoms with Crippen molar-refractivity contribution in [3.8, 4) is 0 Å². The number of hydrogen-bond donors (Lipinski definition) is 1. The molecule has 1 unspecified atom stereocenters. The Kier molecular flexibility index (Phi) is 2.98. The normalized spacial score (nSPS) is 19.1. The van der Waals surface area contributed by atoms with Gasteiger partial charge in [-0.3, -0.25) is 4.79 Å². The quantitative estimate of drug-likeness (QED) is 0.798. The molecule has 0 saturated carbocycles. The van der Waals surface area contributed by atoms with Crippen molar-refractivity contribution in [2.75, 3.05) is 0 Å². The number of nitrogens with one attached hydrogen (secondary N) is 1. The molecule has 3 rings (SSSR count). The fraction of sp³-hybridized carbons (Fsp3) is 0.471. The first kappa shape index (κ1) is 13.4. The lowest BCUT2D eigenvalue weighted by Gasteiger charge is -2.35. The van der Waals surface area contributed by atoms with Gasteiger partial charge in [-0.1, -0.05) is 32.9 Å². The SMILES string of the molecule is Cc1cccc2c(=O)[nH]c3c(c12)COC(C(C)(C)C)C3. The number of fused-ring (bicyclic) bond motifs is 3. The van der Waals surface area contributed by atoms with Crippen LogP contribution >= 0.6 is 0 Å². The number of aryl methyl sites for hydroxylation is 1. The van der Waals surface area contributed by atoms with Gasteiger partial charge in [0.2, 0.25) is 0 Å². The van der Waals surface area contributed by atoms with Crippen molar-refractivity contribution >= 4 is 10.8 Å². The van der Waals surface area contributed by atoms with E-state index in [0.717, 1.165) is 34.0 Å². The van der Waals surface area contributed by atoms with Crippen LogP contribution in [0.15, 0.2) is 23.0 Å². The summed E-state index contributed by atoms with van der Waals surface area (Å²) in [6, 6.07) is 5.87. The van der Waals surface area contributed by atoms with Crippen LogP contribution in [0.25, 0.3) is 10.8 Å². The smallest absolute Gasteiger partial charge is 0.256 e. The average molecular weight is 271 g/mol. The molecule has 1 atom stereocenters. The molecule has 0 spiro atoms. The van der Waals surface area contributed by atoms with Gasteiger partial charge in [0.15, 0.2) is 0 Å². The van der Waals surface area contributed by atoms with Crippen molar-refractivity contribution in [2.24, 2.45) is 5.41 Å². The molecular formula is C17H21NO2. The van der Waals surface area contributed by atoms with E-state index in [-0.39, 0.29) is 17.1 Å². The molecule has 20 heavy (non-hydrogen) atoms. The third kappa shape index (κ3) is 2.06. The molecule has 0 amide bonds. The van der Waals surface area contributed by atoms with Crippen LogP contribution < -0.4 is 5.56 Å². The van der Waals surface area contributed by atoms with Crippen LogP contribution in [0.1, 0.15) is 37.6 Å². The molecule has 1 aromatic carbocycles. The second-order valence-electron chi connectivity index (χ2n) is 6.78. The highest BCUT2D eigenvalue weighted by atomic mass is 16.5. The molecule has 0 aliphatic carbocycles. The van der Waals surface area contributed by atoms with E-state index in [4.69, 9.17) is 4.74 Å². The van der Waals surface area contributed by atoms with E-state index < -0.39 is 0 Å². The lowest BCUT2D eigenvalue weighted by Crippen LogP contribution is -2.36. The van der Waals surface area contributed by atoms with Gasteiger partial charge in [-0.25, -0.2) is 0 Å². The summed E-state index contributed by atoms with van der Waals surface area (Å²) >= 11 is 0. The van der Waals surface area contributed by atoms with Crippen LogP contribution in [0, 0.1) is 12.3 Å². The first-order valence-electron chi connectivity index (χ1n) is 7.13. The van der Waals surface area contributed by atoms with Crippen LogP contribution in [-0.4, -0.2) is 11.1 Å². The molecule has 0 fully saturated rings. The summed E-state index contributed by atoms with van der Waals surface area (Å²) < 4.78 is 6.05. The zero-order chi connectivity index (χ0) is 14.5. The zero-order valence-electron chi connectivity index (χ0n) is 12.5. The van der Waals surface area contributed by atoms with Gasteiger partial charge < -0.3 is 9.72 Å². The van der Waals surface area contributed by atoms with Crippen molar-refractivity contribution in [1.29, 1.82) is 0 Å². The van der Waals surface area contributed by atoms with Gasteiger partial charge in [0.05, 0.1) is 12.7 Å². The maximum absolute atomic E-state index is 12.3. The maximum atomic E-state index is 12.3. The average Bonchev–Trinajstić information content (AvgIpc) is 2.37. The summed E-state index contributed by atoms with van der Waals surface area (Å²) in [7, 11) is 0. The molecule has 3 heteroatoms. The van der Waals surface area contributed by atoms with Crippen LogP contribution in [0.3, 0.4) is 0 Å². The minimum atomic E-state index is 0.0111. The van der Waals surface area contributed by atoms with Gasteiger partial charge in [-0.2, -0.15) is 0 Å². The molecule has 2 aromatic rings. The predicted molar refractivity (Wildman–Crippen MR) is 81.0 cm³/mol. The number of pyridine rings is 1. The van der Waals surface area contributed by atoms with Crippen molar-refractivity contribution in [3.05, 3.63) is 45.4 Å². The van der Waals surface area contributed by atoms with Crippen LogP contribution in [-0.2, 0) is 17.8 Å². The molecule has 3 nitrogen and oxygen atoms in total. The lowest BCUT2D eigenvalue weighted by atomic mass is 9.83. The Morgan fingerprint density at radius 1 is 1.30 bits per heavy atom. The van der Waals surface area contributed by atoms with Crippen molar-refractivity contribution in [2.45, 2.75) is 46.8 Å². The Hall–Kier alpha value is -1.61. The molecule has 1 aliphatic heterocycles. The van der Waals surface area contributed by atoms with Gasteiger partial charge in [0, 0.05) is 23.1 Å². The molecule has 1 aliphatic rings. The van der Waals surface area contributed by atoms with Gasteiger partial charge in [-0.05, 0) is 29.4 Å². The van der Waals surface area contributed by atoms with Crippen molar-refractivity contribution < 1.29 is 4.74 Å². The van der Waals surface area contributed by atoms with Crippen LogP contribution in [0.5, 0.6) is 0 Å². The second-order valence-corrected chi connectivity index (χ2v) is 6.78. The molecular weight excluding hydrogens is 250 g/mol. The summed E-state index contributed by atoms with van der Waals surface area (Å²) in [5.41, 5.74) is 3.43. The summed E-state index contributed by atoms with van der Waals surface area (Å²) in [5.74, 6) is 0. The van der Waals surface area contributed by atoms with E-state index in [2.05, 4.69) is 38.7 Å². The highest BCUT2D eigenvalue weighted by molar-refractivity contribution is 5.88. The Labute approximate surface area is 119 Å². The number of aromatic nitrogens is 1. The van der Waals surface area contributed by atoms with Crippen LogP contribution in [0.2, 0.25) is 0 Å². The molecule has 0 bridgehead atoms. The van der Waals surface area contributed by atoms with E-state index in [1.165, 1.54) is 0 Å². The number of ether oxygens (including phenoxy) is 1. The Morgan fingerprint density at radius 3 is 2.75 bits per heavy atom. The summed E-state index contributed by atoms with van der Waals surface area (Å²) in [5, 5.41) is 1.83. The summed E-state index contributed by atoms with van der Waals surface area (Å²) in [4.78, 5) is 15.3.